The second-order valence-corrected chi connectivity index (χ2v) is 5.42. The average molecular weight is 299 g/mol. The van der Waals surface area contributed by atoms with Crippen molar-refractivity contribution in [1.82, 2.24) is 19.3 Å². The van der Waals surface area contributed by atoms with E-state index in [0.717, 1.165) is 48.6 Å². The van der Waals surface area contributed by atoms with Crippen molar-refractivity contribution in [3.05, 3.63) is 11.5 Å². The summed E-state index contributed by atoms with van der Waals surface area (Å²) in [5, 5.41) is 4.60. The second-order valence-electron chi connectivity index (χ2n) is 5.15. The number of methoxy groups -OCH3 is 1. The van der Waals surface area contributed by atoms with Gasteiger partial charge in [0.25, 0.3) is 0 Å². The van der Waals surface area contributed by atoms with Gasteiger partial charge in [0.05, 0.1) is 11.6 Å². The largest absolute Gasteiger partial charge is 0.385 e. The second kappa shape index (κ2) is 6.59. The molecule has 0 saturated heterocycles. The first kappa shape index (κ1) is 15.3. The Bertz CT molecular complexity index is 575. The summed E-state index contributed by atoms with van der Waals surface area (Å²) in [6.07, 6.45) is 2.94. The highest BCUT2D eigenvalue weighted by atomic mass is 35.5. The molecule has 0 amide bonds. The number of nitrogens with zero attached hydrogens (tertiary/aromatic N) is 4. The molecule has 6 heteroatoms. The Morgan fingerprint density at radius 1 is 1.40 bits per heavy atom. The summed E-state index contributed by atoms with van der Waals surface area (Å²) >= 11 is 6.08. The van der Waals surface area contributed by atoms with Gasteiger partial charge < -0.3 is 9.30 Å². The Balaban J connectivity index is 2.50. The maximum absolute atomic E-state index is 6.08. The van der Waals surface area contributed by atoms with E-state index in [4.69, 9.17) is 21.3 Å². The van der Waals surface area contributed by atoms with Crippen LogP contribution < -0.4 is 0 Å². The lowest BCUT2D eigenvalue weighted by Gasteiger charge is -2.16. The number of aryl methyl sites for hydroxylation is 2. The number of ether oxygens (including phenoxy) is 1. The molecule has 0 aliphatic heterocycles. The van der Waals surface area contributed by atoms with Crippen LogP contribution in [0, 0.1) is 0 Å². The number of halogens is 1. The monoisotopic (exact) mass is 298 g/mol. The third-order valence-electron chi connectivity index (χ3n) is 3.60. The van der Waals surface area contributed by atoms with Crippen molar-refractivity contribution in [3.8, 4) is 0 Å². The van der Waals surface area contributed by atoms with E-state index in [0.29, 0.717) is 11.9 Å². The van der Waals surface area contributed by atoms with E-state index < -0.39 is 0 Å². The summed E-state index contributed by atoms with van der Waals surface area (Å²) < 4.78 is 9.31. The Labute approximate surface area is 124 Å². The maximum Gasteiger partial charge on any atom is 0.158 e. The van der Waals surface area contributed by atoms with E-state index in [-0.39, 0.29) is 0 Å². The predicted octanol–water partition coefficient (Wildman–Crippen LogP) is 3.06. The summed E-state index contributed by atoms with van der Waals surface area (Å²) in [4.78, 5) is 4.71. The molecule has 1 atom stereocenters. The average Bonchev–Trinajstić information content (AvgIpc) is 2.95. The van der Waals surface area contributed by atoms with Crippen LogP contribution in [0.5, 0.6) is 0 Å². The van der Waals surface area contributed by atoms with E-state index in [1.165, 1.54) is 0 Å². The van der Waals surface area contributed by atoms with Crippen LogP contribution in [-0.4, -0.2) is 33.0 Å². The fourth-order valence-corrected chi connectivity index (χ4v) is 2.82. The third-order valence-corrected chi connectivity index (χ3v) is 3.84. The molecule has 0 bridgehead atoms. The van der Waals surface area contributed by atoms with Crippen LogP contribution >= 0.6 is 11.6 Å². The lowest BCUT2D eigenvalue weighted by Crippen LogP contribution is -2.13. The van der Waals surface area contributed by atoms with Gasteiger partial charge in [0.1, 0.15) is 11.3 Å². The fourth-order valence-electron chi connectivity index (χ4n) is 2.63. The van der Waals surface area contributed by atoms with E-state index in [1.54, 1.807) is 7.11 Å². The highest BCUT2D eigenvalue weighted by Gasteiger charge is 2.21. The van der Waals surface area contributed by atoms with Crippen LogP contribution in [0.4, 0.5) is 0 Å². The van der Waals surface area contributed by atoms with Gasteiger partial charge in [-0.15, -0.1) is 11.6 Å². The van der Waals surface area contributed by atoms with Crippen molar-refractivity contribution in [3.63, 3.8) is 0 Å². The van der Waals surface area contributed by atoms with Gasteiger partial charge in [0.15, 0.2) is 5.65 Å². The minimum Gasteiger partial charge on any atom is -0.385 e. The van der Waals surface area contributed by atoms with Crippen molar-refractivity contribution in [2.24, 2.45) is 7.05 Å². The van der Waals surface area contributed by atoms with Gasteiger partial charge in [-0.05, 0) is 19.8 Å². The molecule has 0 radical (unpaired) electrons. The van der Waals surface area contributed by atoms with Crippen LogP contribution in [0.3, 0.4) is 0 Å². The summed E-state index contributed by atoms with van der Waals surface area (Å²) in [6.45, 7) is 5.05. The molecule has 2 aromatic rings. The van der Waals surface area contributed by atoms with Gasteiger partial charge in [-0.1, -0.05) is 13.3 Å². The Kier molecular flexibility index (Phi) is 5.05. The number of hydrogen-bond acceptors (Lipinski definition) is 3. The van der Waals surface area contributed by atoms with E-state index in [2.05, 4.69) is 23.5 Å². The summed E-state index contributed by atoms with van der Waals surface area (Å²) in [6, 6.07) is 0.290. The highest BCUT2D eigenvalue weighted by molar-refractivity contribution is 6.16. The number of rotatable bonds is 7. The van der Waals surface area contributed by atoms with E-state index >= 15 is 0 Å². The molecule has 0 aliphatic rings. The molecule has 2 aromatic heterocycles. The molecule has 1 unspecified atom stereocenters. The number of aromatic nitrogens is 4. The normalized spacial score (nSPS) is 13.2. The summed E-state index contributed by atoms with van der Waals surface area (Å²) in [5.74, 6) is 1.33. The third kappa shape index (κ3) is 2.69. The Morgan fingerprint density at radius 3 is 2.75 bits per heavy atom. The minimum atomic E-state index is 0.290. The molecular formula is C14H23ClN4O. The van der Waals surface area contributed by atoms with Crippen LogP contribution in [0.15, 0.2) is 0 Å². The molecule has 0 saturated carbocycles. The van der Waals surface area contributed by atoms with Gasteiger partial charge in [-0.25, -0.2) is 4.98 Å². The number of imidazole rings is 1. The van der Waals surface area contributed by atoms with Crippen LogP contribution in [0.1, 0.15) is 44.2 Å². The van der Waals surface area contributed by atoms with Crippen LogP contribution in [0.25, 0.3) is 11.2 Å². The van der Waals surface area contributed by atoms with Gasteiger partial charge in [-0.2, -0.15) is 5.10 Å². The van der Waals surface area contributed by atoms with Crippen molar-refractivity contribution in [2.75, 3.05) is 13.7 Å². The lowest BCUT2D eigenvalue weighted by atomic mass is 10.2. The lowest BCUT2D eigenvalue weighted by molar-refractivity contribution is 0.181. The minimum absolute atomic E-state index is 0.290. The van der Waals surface area contributed by atoms with Crippen molar-refractivity contribution in [1.29, 1.82) is 0 Å². The topological polar surface area (TPSA) is 44.9 Å². The number of fused-ring (bicyclic) bond motifs is 1. The zero-order chi connectivity index (χ0) is 14.7. The molecular weight excluding hydrogens is 276 g/mol. The quantitative estimate of drug-likeness (QED) is 0.738. The SMILES string of the molecule is CCCc1nn(C)c2c1nc(CCl)n2C(C)CCOC. The molecule has 0 aromatic carbocycles. The van der Waals surface area contributed by atoms with Crippen LogP contribution in [-0.2, 0) is 24.1 Å². The molecule has 0 spiro atoms. The van der Waals surface area contributed by atoms with Crippen molar-refractivity contribution < 1.29 is 4.74 Å². The highest BCUT2D eigenvalue weighted by Crippen LogP contribution is 2.26. The van der Waals surface area contributed by atoms with E-state index in [1.807, 2.05) is 11.7 Å². The van der Waals surface area contributed by atoms with Crippen molar-refractivity contribution in [2.45, 2.75) is 45.0 Å². The summed E-state index contributed by atoms with van der Waals surface area (Å²) in [7, 11) is 3.70. The van der Waals surface area contributed by atoms with Gasteiger partial charge in [0.2, 0.25) is 0 Å². The maximum atomic E-state index is 6.08. The number of alkyl halides is 1. The fraction of sp³-hybridized carbons (Fsp3) is 0.714. The molecule has 112 valence electrons. The van der Waals surface area contributed by atoms with Gasteiger partial charge >= 0.3 is 0 Å². The predicted molar refractivity (Wildman–Crippen MR) is 81.3 cm³/mol. The molecule has 2 rings (SSSR count). The van der Waals surface area contributed by atoms with E-state index in [9.17, 15) is 0 Å². The smallest absolute Gasteiger partial charge is 0.158 e. The molecule has 0 aliphatic carbocycles. The molecule has 0 N–H and O–H groups in total. The van der Waals surface area contributed by atoms with Gasteiger partial charge in [0, 0.05) is 26.8 Å². The number of hydrogen-bond donors (Lipinski definition) is 0. The first-order chi connectivity index (χ1) is 9.63. The zero-order valence-corrected chi connectivity index (χ0v) is 13.4. The van der Waals surface area contributed by atoms with Gasteiger partial charge in [-0.3, -0.25) is 4.68 Å². The molecule has 2 heterocycles. The Hall–Kier alpha value is -1.07. The molecule has 0 fully saturated rings. The molecule has 20 heavy (non-hydrogen) atoms. The molecule has 5 nitrogen and oxygen atoms in total. The van der Waals surface area contributed by atoms with Crippen LogP contribution in [0.2, 0.25) is 0 Å². The first-order valence-electron chi connectivity index (χ1n) is 7.11. The Morgan fingerprint density at radius 2 is 2.15 bits per heavy atom. The first-order valence-corrected chi connectivity index (χ1v) is 7.65. The standard InChI is InChI=1S/C14H23ClN4O/c1-5-6-11-13-14(18(3)17-11)19(12(9-15)16-13)10(2)7-8-20-4/h10H,5-9H2,1-4H3. The zero-order valence-electron chi connectivity index (χ0n) is 12.7. The van der Waals surface area contributed by atoms with Crippen molar-refractivity contribution >= 4 is 22.8 Å². The summed E-state index contributed by atoms with van der Waals surface area (Å²) in [5.41, 5.74) is 3.12.